The molecule has 17 heavy (non-hydrogen) atoms. The second-order valence-corrected chi connectivity index (χ2v) is 4.94. The van der Waals surface area contributed by atoms with E-state index in [2.05, 4.69) is 17.5 Å². The number of hydrogen-bond donors (Lipinski definition) is 2. The minimum Gasteiger partial charge on any atom is -0.404 e. The van der Waals surface area contributed by atoms with Gasteiger partial charge in [-0.05, 0) is 34.9 Å². The molecule has 2 aromatic rings. The van der Waals surface area contributed by atoms with Gasteiger partial charge >= 0.3 is 7.82 Å². The normalized spacial score (nSPS) is 11.7. The Morgan fingerprint density at radius 3 is 2.41 bits per heavy atom. The molecule has 2 N–H and O–H groups in total. The molecule has 0 radical (unpaired) electrons. The lowest BCUT2D eigenvalue weighted by Gasteiger charge is -2.08. The zero-order chi connectivity index (χ0) is 12.5. The Bertz CT molecular complexity index is 588. The molecule has 0 saturated heterocycles. The number of benzene rings is 2. The highest BCUT2D eigenvalue weighted by molar-refractivity contribution is 7.46. The minimum absolute atomic E-state index is 0.176. The lowest BCUT2D eigenvalue weighted by Crippen LogP contribution is -1.90. The van der Waals surface area contributed by atoms with Gasteiger partial charge in [0.2, 0.25) is 0 Å². The van der Waals surface area contributed by atoms with E-state index in [1.54, 1.807) is 18.2 Å². The van der Waals surface area contributed by atoms with Gasteiger partial charge in [-0.1, -0.05) is 31.2 Å². The summed E-state index contributed by atoms with van der Waals surface area (Å²) in [7, 11) is -4.48. The molecule has 0 spiro atoms. The predicted molar refractivity (Wildman–Crippen MR) is 66.0 cm³/mol. The highest BCUT2D eigenvalue weighted by atomic mass is 31.2. The van der Waals surface area contributed by atoms with Gasteiger partial charge < -0.3 is 4.52 Å². The molecule has 0 aliphatic heterocycles. The molecule has 0 amide bonds. The lowest BCUT2D eigenvalue weighted by molar-refractivity contribution is 0.283. The van der Waals surface area contributed by atoms with E-state index >= 15 is 0 Å². The first kappa shape index (κ1) is 12.1. The Kier molecular flexibility index (Phi) is 3.20. The van der Waals surface area contributed by atoms with Crippen LogP contribution < -0.4 is 4.52 Å². The van der Waals surface area contributed by atoms with Gasteiger partial charge in [-0.3, -0.25) is 9.79 Å². The molecule has 0 unspecified atom stereocenters. The van der Waals surface area contributed by atoms with Crippen molar-refractivity contribution in [3.63, 3.8) is 0 Å². The predicted octanol–water partition coefficient (Wildman–Crippen LogP) is 2.87. The van der Waals surface area contributed by atoms with Crippen LogP contribution >= 0.6 is 7.82 Å². The van der Waals surface area contributed by atoms with Crippen LogP contribution in [0.1, 0.15) is 12.5 Å². The van der Waals surface area contributed by atoms with Gasteiger partial charge in [0.05, 0.1) is 0 Å². The number of fused-ring (bicyclic) bond motifs is 1. The third-order valence-corrected chi connectivity index (χ3v) is 2.96. The maximum absolute atomic E-state index is 10.7. The van der Waals surface area contributed by atoms with Crippen LogP contribution in [-0.4, -0.2) is 9.79 Å². The molecule has 0 heterocycles. The summed E-state index contributed by atoms with van der Waals surface area (Å²) in [5.74, 6) is 0.176. The topological polar surface area (TPSA) is 66.8 Å². The zero-order valence-corrected chi connectivity index (χ0v) is 10.2. The van der Waals surface area contributed by atoms with Crippen molar-refractivity contribution in [2.45, 2.75) is 13.3 Å². The monoisotopic (exact) mass is 252 g/mol. The standard InChI is InChI=1S/C12H13O4P/c1-2-9-3-4-11-8-12(16-17(13,14)15)6-5-10(11)7-9/h3-8H,2H2,1H3,(H2,13,14,15). The molecular weight excluding hydrogens is 239 g/mol. The first-order chi connectivity index (χ1) is 7.98. The van der Waals surface area contributed by atoms with Crippen LogP contribution in [0.4, 0.5) is 0 Å². The average Bonchev–Trinajstić information content (AvgIpc) is 2.26. The average molecular weight is 252 g/mol. The zero-order valence-electron chi connectivity index (χ0n) is 9.33. The van der Waals surface area contributed by atoms with E-state index in [0.29, 0.717) is 0 Å². The van der Waals surface area contributed by atoms with E-state index in [1.807, 2.05) is 12.1 Å². The Balaban J connectivity index is 2.41. The Morgan fingerprint density at radius 2 is 1.76 bits per heavy atom. The Labute approximate surface area is 99.1 Å². The number of aryl methyl sites for hydroxylation is 1. The number of rotatable bonds is 3. The molecule has 0 fully saturated rings. The van der Waals surface area contributed by atoms with Gasteiger partial charge in [0.25, 0.3) is 0 Å². The van der Waals surface area contributed by atoms with Crippen LogP contribution in [0.5, 0.6) is 5.75 Å². The molecule has 2 aromatic carbocycles. The summed E-state index contributed by atoms with van der Waals surface area (Å²) in [5, 5.41) is 1.93. The van der Waals surface area contributed by atoms with Crippen molar-refractivity contribution < 1.29 is 18.9 Å². The third kappa shape index (κ3) is 3.07. The van der Waals surface area contributed by atoms with Gasteiger partial charge in [0.1, 0.15) is 5.75 Å². The summed E-state index contributed by atoms with van der Waals surface area (Å²) >= 11 is 0. The van der Waals surface area contributed by atoms with Gasteiger partial charge in [0, 0.05) is 0 Å². The first-order valence-electron chi connectivity index (χ1n) is 5.26. The first-order valence-corrected chi connectivity index (χ1v) is 6.79. The van der Waals surface area contributed by atoms with Gasteiger partial charge in [-0.15, -0.1) is 0 Å². The Hall–Kier alpha value is -1.35. The lowest BCUT2D eigenvalue weighted by atomic mass is 10.1. The van der Waals surface area contributed by atoms with E-state index in [0.717, 1.165) is 17.2 Å². The van der Waals surface area contributed by atoms with Crippen molar-refractivity contribution in [3.05, 3.63) is 42.0 Å². The molecule has 0 aliphatic carbocycles. The smallest absolute Gasteiger partial charge is 0.404 e. The molecule has 0 aliphatic rings. The summed E-state index contributed by atoms with van der Waals surface area (Å²) in [6.07, 6.45) is 0.955. The third-order valence-electron chi connectivity index (χ3n) is 2.51. The van der Waals surface area contributed by atoms with Crippen LogP contribution in [0.2, 0.25) is 0 Å². The fourth-order valence-electron chi connectivity index (χ4n) is 1.69. The van der Waals surface area contributed by atoms with E-state index in [9.17, 15) is 4.57 Å². The SMILES string of the molecule is CCc1ccc2cc(OP(=O)(O)O)ccc2c1. The second kappa shape index (κ2) is 4.49. The highest BCUT2D eigenvalue weighted by Gasteiger charge is 2.15. The maximum Gasteiger partial charge on any atom is 0.524 e. The number of phosphoric acid groups is 1. The van der Waals surface area contributed by atoms with Crippen LogP contribution in [0.15, 0.2) is 36.4 Å². The van der Waals surface area contributed by atoms with E-state index < -0.39 is 7.82 Å². The summed E-state index contributed by atoms with van der Waals surface area (Å²) < 4.78 is 15.2. The summed E-state index contributed by atoms with van der Waals surface area (Å²) in [6, 6.07) is 10.9. The van der Waals surface area contributed by atoms with Crippen molar-refractivity contribution >= 4 is 18.6 Å². The van der Waals surface area contributed by atoms with E-state index in [4.69, 9.17) is 9.79 Å². The molecule has 4 nitrogen and oxygen atoms in total. The van der Waals surface area contributed by atoms with Crippen molar-refractivity contribution in [2.24, 2.45) is 0 Å². The largest absolute Gasteiger partial charge is 0.524 e. The van der Waals surface area contributed by atoms with Crippen LogP contribution in [0.25, 0.3) is 10.8 Å². The quantitative estimate of drug-likeness (QED) is 0.824. The van der Waals surface area contributed by atoms with Crippen molar-refractivity contribution in [1.29, 1.82) is 0 Å². The van der Waals surface area contributed by atoms with E-state index in [-0.39, 0.29) is 5.75 Å². The summed E-state index contributed by atoms with van der Waals surface area (Å²) in [4.78, 5) is 17.4. The van der Waals surface area contributed by atoms with Crippen molar-refractivity contribution in [3.8, 4) is 5.75 Å². The van der Waals surface area contributed by atoms with Crippen molar-refractivity contribution in [2.75, 3.05) is 0 Å². The maximum atomic E-state index is 10.7. The van der Waals surface area contributed by atoms with Crippen LogP contribution in [0.3, 0.4) is 0 Å². The fourth-order valence-corrected chi connectivity index (χ4v) is 2.08. The van der Waals surface area contributed by atoms with Crippen LogP contribution in [-0.2, 0) is 11.0 Å². The Morgan fingerprint density at radius 1 is 1.12 bits per heavy atom. The van der Waals surface area contributed by atoms with Crippen molar-refractivity contribution in [1.82, 2.24) is 0 Å². The number of hydrogen-bond acceptors (Lipinski definition) is 2. The molecule has 0 atom stereocenters. The summed E-state index contributed by atoms with van der Waals surface area (Å²) in [6.45, 7) is 2.08. The second-order valence-electron chi connectivity index (χ2n) is 3.78. The molecule has 0 bridgehead atoms. The molecule has 5 heteroatoms. The molecule has 2 rings (SSSR count). The van der Waals surface area contributed by atoms with Crippen LogP contribution in [0, 0.1) is 0 Å². The fraction of sp³-hybridized carbons (Fsp3) is 0.167. The highest BCUT2D eigenvalue weighted by Crippen LogP contribution is 2.38. The van der Waals surface area contributed by atoms with E-state index in [1.165, 1.54) is 5.56 Å². The van der Waals surface area contributed by atoms with Gasteiger partial charge in [0.15, 0.2) is 0 Å². The number of phosphoric ester groups is 1. The van der Waals surface area contributed by atoms with Gasteiger partial charge in [-0.2, -0.15) is 0 Å². The molecule has 0 saturated carbocycles. The molecule has 0 aromatic heterocycles. The van der Waals surface area contributed by atoms with Gasteiger partial charge in [-0.25, -0.2) is 4.57 Å². The summed E-state index contributed by atoms with van der Waals surface area (Å²) in [5.41, 5.74) is 1.22. The molecule has 90 valence electrons. The minimum atomic E-state index is -4.48. The molecular formula is C12H13O4P.